The molecule has 0 amide bonds. The Hall–Kier alpha value is -2.56. The molecular formula is C14H16O9. The fourth-order valence-corrected chi connectivity index (χ4v) is 1.06. The van der Waals surface area contributed by atoms with Gasteiger partial charge in [0.2, 0.25) is 0 Å². The number of benzene rings is 1. The molecule has 1 rings (SSSR count). The van der Waals surface area contributed by atoms with Crippen LogP contribution < -0.4 is 0 Å². The Kier molecular flexibility index (Phi) is 7.26. The Bertz CT molecular complexity index is 521. The number of ether oxygens (including phenoxy) is 1. The third-order valence-electron chi connectivity index (χ3n) is 2.21. The predicted octanol–water partition coefficient (Wildman–Crippen LogP) is -0.265. The first-order valence-corrected chi connectivity index (χ1v) is 5.87. The summed E-state index contributed by atoms with van der Waals surface area (Å²) < 4.78 is 3.91. The largest absolute Gasteiger partial charge is 0.478 e. The van der Waals surface area contributed by atoms with E-state index in [0.717, 1.165) is 0 Å². The third-order valence-corrected chi connectivity index (χ3v) is 2.21. The summed E-state index contributed by atoms with van der Waals surface area (Å²) in [6.45, 7) is 5.94. The lowest BCUT2D eigenvalue weighted by Crippen LogP contribution is -2.42. The lowest BCUT2D eigenvalue weighted by atomic mass is 10.1. The van der Waals surface area contributed by atoms with Crippen LogP contribution in [0, 0.1) is 0 Å². The topological polar surface area (TPSA) is 165 Å². The second kappa shape index (κ2) is 8.17. The molecule has 9 heteroatoms. The molecule has 0 heterocycles. The van der Waals surface area contributed by atoms with Crippen molar-refractivity contribution >= 4 is 11.9 Å². The third kappa shape index (κ3) is 7.85. The minimum atomic E-state index is -2.78. The van der Waals surface area contributed by atoms with Gasteiger partial charge in [-0.15, -0.1) is 0 Å². The summed E-state index contributed by atoms with van der Waals surface area (Å²) in [5, 5.41) is 51.5. The van der Waals surface area contributed by atoms with Crippen molar-refractivity contribution in [1.29, 1.82) is 0 Å². The number of carboxylic acid groups (broad SMARTS) is 2. The zero-order chi connectivity index (χ0) is 18.3. The Morgan fingerprint density at radius 3 is 1.26 bits per heavy atom. The molecule has 0 unspecified atom stereocenters. The van der Waals surface area contributed by atoms with Crippen molar-refractivity contribution < 1.29 is 45.0 Å². The summed E-state index contributed by atoms with van der Waals surface area (Å²) in [6, 6.07) is 5.02. The van der Waals surface area contributed by atoms with Crippen LogP contribution in [0.2, 0.25) is 0 Å². The van der Waals surface area contributed by atoms with Crippen LogP contribution in [0.25, 0.3) is 0 Å². The van der Waals surface area contributed by atoms with Gasteiger partial charge >= 0.3 is 23.9 Å². The summed E-state index contributed by atoms with van der Waals surface area (Å²) in [6.07, 6.45) is 1.16. The first-order chi connectivity index (χ1) is 10.4. The van der Waals surface area contributed by atoms with Crippen LogP contribution in [0.1, 0.15) is 20.7 Å². The quantitative estimate of drug-likeness (QED) is 0.304. The van der Waals surface area contributed by atoms with Crippen LogP contribution in [-0.2, 0) is 4.74 Å². The van der Waals surface area contributed by atoms with Crippen molar-refractivity contribution in [3.8, 4) is 0 Å². The number of carboxylic acids is 2. The van der Waals surface area contributed by atoms with Crippen LogP contribution in [0.15, 0.2) is 49.6 Å². The van der Waals surface area contributed by atoms with Crippen molar-refractivity contribution in [2.75, 3.05) is 0 Å². The van der Waals surface area contributed by atoms with Gasteiger partial charge in [0.15, 0.2) is 0 Å². The average molecular weight is 328 g/mol. The van der Waals surface area contributed by atoms with E-state index in [4.69, 9.17) is 30.6 Å². The molecule has 1 aromatic carbocycles. The molecule has 0 aromatic heterocycles. The Labute approximate surface area is 130 Å². The highest BCUT2D eigenvalue weighted by molar-refractivity contribution is 5.91. The van der Waals surface area contributed by atoms with Gasteiger partial charge in [0, 0.05) is 0 Å². The van der Waals surface area contributed by atoms with Gasteiger partial charge in [0.25, 0.3) is 0 Å². The Morgan fingerprint density at radius 1 is 0.826 bits per heavy atom. The van der Waals surface area contributed by atoms with Gasteiger partial charge in [0.05, 0.1) is 11.1 Å². The van der Waals surface area contributed by atoms with Gasteiger partial charge in [0.1, 0.15) is 0 Å². The molecule has 0 aliphatic carbocycles. The highest BCUT2D eigenvalue weighted by Crippen LogP contribution is 2.13. The highest BCUT2D eigenvalue weighted by Gasteiger charge is 2.32. The molecule has 0 spiro atoms. The van der Waals surface area contributed by atoms with Gasteiger partial charge in [-0.1, -0.05) is 13.2 Å². The molecule has 1 aromatic rings. The summed E-state index contributed by atoms with van der Waals surface area (Å²) in [5.74, 6) is -7.69. The second-order valence-corrected chi connectivity index (χ2v) is 4.02. The second-order valence-electron chi connectivity index (χ2n) is 4.02. The fraction of sp³-hybridized carbons (Fsp3) is 0.143. The van der Waals surface area contributed by atoms with E-state index in [0.29, 0.717) is 12.2 Å². The summed E-state index contributed by atoms with van der Waals surface area (Å²) >= 11 is 0. The lowest BCUT2D eigenvalue weighted by Gasteiger charge is -2.25. The summed E-state index contributed by atoms with van der Waals surface area (Å²) in [5.41, 5.74) is 0.167. The molecule has 0 fully saturated rings. The minimum absolute atomic E-state index is 0.0833. The number of aromatic carboxylic acids is 2. The highest BCUT2D eigenvalue weighted by atomic mass is 16.9. The van der Waals surface area contributed by atoms with Crippen LogP contribution in [0.3, 0.4) is 0 Å². The molecule has 6 N–H and O–H groups in total. The van der Waals surface area contributed by atoms with E-state index >= 15 is 0 Å². The standard InChI is InChI=1S/C8H6O4.C6H10O5/c9-7(10)5-1-2-6(4-3-5)8(11)12;1-3-5(7,8)11-6(9,10)4-2/h1-4H,(H,9,10)(H,11,12);3-4,7-10H,1-2H2. The van der Waals surface area contributed by atoms with E-state index < -0.39 is 23.9 Å². The molecule has 0 bridgehead atoms. The maximum Gasteiger partial charge on any atom is 0.335 e. The van der Waals surface area contributed by atoms with E-state index in [2.05, 4.69) is 17.9 Å². The number of hydrogen-bond acceptors (Lipinski definition) is 7. The zero-order valence-corrected chi connectivity index (χ0v) is 11.8. The molecule has 9 nitrogen and oxygen atoms in total. The number of carbonyl (C=O) groups is 2. The molecule has 0 saturated heterocycles. The minimum Gasteiger partial charge on any atom is -0.478 e. The monoisotopic (exact) mass is 328 g/mol. The first-order valence-electron chi connectivity index (χ1n) is 5.87. The van der Waals surface area contributed by atoms with Gasteiger partial charge in [-0.05, 0) is 36.4 Å². The van der Waals surface area contributed by atoms with Crippen molar-refractivity contribution in [2.45, 2.75) is 11.9 Å². The van der Waals surface area contributed by atoms with Crippen LogP contribution >= 0.6 is 0 Å². The molecular weight excluding hydrogens is 312 g/mol. The molecule has 23 heavy (non-hydrogen) atoms. The van der Waals surface area contributed by atoms with E-state index in [1.807, 2.05) is 0 Å². The smallest absolute Gasteiger partial charge is 0.335 e. The van der Waals surface area contributed by atoms with Gasteiger partial charge < -0.3 is 30.6 Å². The summed E-state index contributed by atoms with van der Waals surface area (Å²) in [4.78, 5) is 20.7. The first kappa shape index (κ1) is 20.4. The fourth-order valence-electron chi connectivity index (χ4n) is 1.06. The Balaban J connectivity index is 0.000000423. The molecule has 0 atom stereocenters. The average Bonchev–Trinajstić information content (AvgIpc) is 2.47. The van der Waals surface area contributed by atoms with E-state index in [-0.39, 0.29) is 11.1 Å². The van der Waals surface area contributed by atoms with Crippen molar-refractivity contribution in [1.82, 2.24) is 0 Å². The number of aliphatic hydroxyl groups is 4. The number of rotatable bonds is 6. The normalized spacial score (nSPS) is 11.0. The van der Waals surface area contributed by atoms with Crippen molar-refractivity contribution in [2.24, 2.45) is 0 Å². The molecule has 0 aliphatic rings. The van der Waals surface area contributed by atoms with E-state index in [9.17, 15) is 9.59 Å². The lowest BCUT2D eigenvalue weighted by molar-refractivity contribution is -0.433. The van der Waals surface area contributed by atoms with Crippen LogP contribution in [0.5, 0.6) is 0 Å². The molecule has 0 saturated carbocycles. The van der Waals surface area contributed by atoms with Crippen LogP contribution in [-0.4, -0.2) is 54.5 Å². The zero-order valence-electron chi connectivity index (χ0n) is 11.8. The molecule has 126 valence electrons. The molecule has 0 aliphatic heterocycles. The summed E-state index contributed by atoms with van der Waals surface area (Å²) in [7, 11) is 0. The predicted molar refractivity (Wildman–Crippen MR) is 76.2 cm³/mol. The maximum absolute atomic E-state index is 10.3. The van der Waals surface area contributed by atoms with Crippen LogP contribution in [0.4, 0.5) is 0 Å². The SMILES string of the molecule is C=CC(O)(O)OC(O)(O)C=C.O=C(O)c1ccc(C(=O)O)cc1. The Morgan fingerprint density at radius 2 is 1.09 bits per heavy atom. The van der Waals surface area contributed by atoms with E-state index in [1.165, 1.54) is 24.3 Å². The maximum atomic E-state index is 10.3. The van der Waals surface area contributed by atoms with Crippen molar-refractivity contribution in [3.63, 3.8) is 0 Å². The van der Waals surface area contributed by atoms with Crippen molar-refractivity contribution in [3.05, 3.63) is 60.7 Å². The van der Waals surface area contributed by atoms with Gasteiger partial charge in [-0.3, -0.25) is 4.74 Å². The van der Waals surface area contributed by atoms with Gasteiger partial charge in [-0.2, -0.15) is 0 Å². The van der Waals surface area contributed by atoms with Gasteiger partial charge in [-0.25, -0.2) is 9.59 Å². The number of hydrogen-bond donors (Lipinski definition) is 6. The molecule has 0 radical (unpaired) electrons. The van der Waals surface area contributed by atoms with E-state index in [1.54, 1.807) is 0 Å².